The van der Waals surface area contributed by atoms with Gasteiger partial charge < -0.3 is 25.0 Å². The Morgan fingerprint density at radius 2 is 2.00 bits per heavy atom. The molecule has 0 aliphatic carbocycles. The number of methoxy groups -OCH3 is 1. The summed E-state index contributed by atoms with van der Waals surface area (Å²) < 4.78 is 11.5. The van der Waals surface area contributed by atoms with Gasteiger partial charge in [0.1, 0.15) is 17.1 Å². The second-order valence-corrected chi connectivity index (χ2v) is 8.72. The highest BCUT2D eigenvalue weighted by Gasteiger charge is 2.34. The second-order valence-electron chi connectivity index (χ2n) is 8.32. The van der Waals surface area contributed by atoms with Crippen LogP contribution in [-0.4, -0.2) is 30.3 Å². The normalized spacial score (nSPS) is 19.6. The van der Waals surface area contributed by atoms with E-state index in [1.54, 1.807) is 7.11 Å². The molecule has 0 saturated carbocycles. The first-order chi connectivity index (χ1) is 14.3. The van der Waals surface area contributed by atoms with Gasteiger partial charge in [-0.3, -0.25) is 4.79 Å². The minimum atomic E-state index is -0.323. The lowest BCUT2D eigenvalue weighted by Gasteiger charge is -2.38. The summed E-state index contributed by atoms with van der Waals surface area (Å²) in [7, 11) is 1.65. The molecule has 2 aromatic rings. The smallest absolute Gasteiger partial charge is 0.227 e. The third kappa shape index (κ3) is 4.36. The number of anilines is 2. The minimum absolute atomic E-state index is 0.0242. The summed E-state index contributed by atoms with van der Waals surface area (Å²) in [5, 5.41) is 7.22. The standard InChI is InChI=1S/C23H27N3O3S/c1-23(2)14-19(18-11-10-17(28-3)13-20(18)29-23)25-22(30)24-15-6-8-16(9-7-15)26-12-4-5-21(26)27/h6-11,13,19H,4-5,12,14H2,1-3H3,(H2,24,25,30)/t19-/m0/s1. The molecule has 1 saturated heterocycles. The molecule has 1 atom stereocenters. The summed E-state index contributed by atoms with van der Waals surface area (Å²) in [4.78, 5) is 13.7. The Bertz CT molecular complexity index is 959. The summed E-state index contributed by atoms with van der Waals surface area (Å²) in [6.45, 7) is 4.92. The lowest BCUT2D eigenvalue weighted by atomic mass is 9.89. The molecule has 7 heteroatoms. The lowest BCUT2D eigenvalue weighted by Crippen LogP contribution is -2.42. The Morgan fingerprint density at radius 3 is 2.67 bits per heavy atom. The maximum Gasteiger partial charge on any atom is 0.227 e. The first kappa shape index (κ1) is 20.5. The predicted molar refractivity (Wildman–Crippen MR) is 122 cm³/mol. The van der Waals surface area contributed by atoms with Crippen molar-refractivity contribution in [1.29, 1.82) is 0 Å². The van der Waals surface area contributed by atoms with E-state index in [1.807, 2.05) is 47.4 Å². The Hall–Kier alpha value is -2.80. The number of fused-ring (bicyclic) bond motifs is 1. The number of carbonyl (C=O) groups is 1. The molecule has 2 aliphatic rings. The van der Waals surface area contributed by atoms with E-state index < -0.39 is 0 Å². The van der Waals surface area contributed by atoms with Gasteiger partial charge in [-0.25, -0.2) is 0 Å². The Balaban J connectivity index is 1.44. The molecule has 2 heterocycles. The number of carbonyl (C=O) groups excluding carboxylic acids is 1. The molecule has 2 N–H and O–H groups in total. The molecule has 0 bridgehead atoms. The molecule has 0 aromatic heterocycles. The number of hydrogen-bond acceptors (Lipinski definition) is 4. The molecular weight excluding hydrogens is 398 g/mol. The Morgan fingerprint density at radius 1 is 1.23 bits per heavy atom. The zero-order chi connectivity index (χ0) is 21.3. The van der Waals surface area contributed by atoms with E-state index in [9.17, 15) is 4.79 Å². The van der Waals surface area contributed by atoms with Crippen LogP contribution in [0.2, 0.25) is 0 Å². The molecule has 1 amide bonds. The number of nitrogens with zero attached hydrogens (tertiary/aromatic N) is 1. The van der Waals surface area contributed by atoms with Crippen LogP contribution in [0.25, 0.3) is 0 Å². The van der Waals surface area contributed by atoms with E-state index >= 15 is 0 Å². The number of benzene rings is 2. The van der Waals surface area contributed by atoms with Crippen LogP contribution in [0.4, 0.5) is 11.4 Å². The van der Waals surface area contributed by atoms with Crippen LogP contribution in [-0.2, 0) is 4.79 Å². The Labute approximate surface area is 182 Å². The Kier molecular flexibility index (Phi) is 5.56. The highest BCUT2D eigenvalue weighted by molar-refractivity contribution is 7.80. The molecular formula is C23H27N3O3S. The number of nitrogens with one attached hydrogen (secondary N) is 2. The second kappa shape index (κ2) is 8.14. The molecule has 4 rings (SSSR count). The zero-order valence-corrected chi connectivity index (χ0v) is 18.3. The van der Waals surface area contributed by atoms with Gasteiger partial charge in [-0.1, -0.05) is 0 Å². The number of hydrogen-bond donors (Lipinski definition) is 2. The number of ether oxygens (including phenoxy) is 2. The van der Waals surface area contributed by atoms with Gasteiger partial charge in [0.05, 0.1) is 13.2 Å². The number of rotatable bonds is 4. The van der Waals surface area contributed by atoms with E-state index in [-0.39, 0.29) is 17.6 Å². The van der Waals surface area contributed by atoms with Crippen molar-refractivity contribution < 1.29 is 14.3 Å². The number of thiocarbonyl (C=S) groups is 1. The topological polar surface area (TPSA) is 62.8 Å². The fourth-order valence-corrected chi connectivity index (χ4v) is 4.32. The van der Waals surface area contributed by atoms with Gasteiger partial charge in [-0.15, -0.1) is 0 Å². The molecule has 0 radical (unpaired) electrons. The van der Waals surface area contributed by atoms with Crippen LogP contribution < -0.4 is 25.0 Å². The summed E-state index contributed by atoms with van der Waals surface area (Å²) >= 11 is 5.58. The van der Waals surface area contributed by atoms with Crippen molar-refractivity contribution in [2.24, 2.45) is 0 Å². The van der Waals surface area contributed by atoms with E-state index in [0.717, 1.165) is 47.8 Å². The van der Waals surface area contributed by atoms with Crippen LogP contribution in [0.5, 0.6) is 11.5 Å². The molecule has 0 unspecified atom stereocenters. The molecule has 2 aliphatic heterocycles. The lowest BCUT2D eigenvalue weighted by molar-refractivity contribution is -0.117. The summed E-state index contributed by atoms with van der Waals surface area (Å²) in [6.07, 6.45) is 2.33. The average molecular weight is 426 g/mol. The van der Waals surface area contributed by atoms with Gasteiger partial charge >= 0.3 is 0 Å². The molecule has 30 heavy (non-hydrogen) atoms. The fourth-order valence-electron chi connectivity index (χ4n) is 4.06. The van der Waals surface area contributed by atoms with Crippen molar-refractivity contribution in [3.8, 4) is 11.5 Å². The van der Waals surface area contributed by atoms with E-state index in [2.05, 4.69) is 24.5 Å². The van der Waals surface area contributed by atoms with E-state index in [0.29, 0.717) is 11.5 Å². The van der Waals surface area contributed by atoms with Crippen LogP contribution >= 0.6 is 12.2 Å². The van der Waals surface area contributed by atoms with Gasteiger partial charge in [0.25, 0.3) is 0 Å². The van der Waals surface area contributed by atoms with Crippen LogP contribution in [0, 0.1) is 0 Å². The van der Waals surface area contributed by atoms with Gasteiger partial charge in [-0.2, -0.15) is 0 Å². The van der Waals surface area contributed by atoms with Gasteiger partial charge in [0.15, 0.2) is 5.11 Å². The van der Waals surface area contributed by atoms with Crippen molar-refractivity contribution in [3.63, 3.8) is 0 Å². The van der Waals surface area contributed by atoms with Gasteiger partial charge in [0, 0.05) is 42.4 Å². The van der Waals surface area contributed by atoms with Crippen molar-refractivity contribution >= 4 is 34.6 Å². The highest BCUT2D eigenvalue weighted by atomic mass is 32.1. The first-order valence-corrected chi connectivity index (χ1v) is 10.6. The minimum Gasteiger partial charge on any atom is -0.497 e. The third-order valence-corrected chi connectivity index (χ3v) is 5.71. The van der Waals surface area contributed by atoms with Gasteiger partial charge in [0.2, 0.25) is 5.91 Å². The molecule has 6 nitrogen and oxygen atoms in total. The summed E-state index contributed by atoms with van der Waals surface area (Å²) in [5.41, 5.74) is 2.54. The predicted octanol–water partition coefficient (Wildman–Crippen LogP) is 4.41. The zero-order valence-electron chi connectivity index (χ0n) is 17.5. The molecule has 2 aromatic carbocycles. The third-order valence-electron chi connectivity index (χ3n) is 5.49. The fraction of sp³-hybridized carbons (Fsp3) is 0.391. The maximum absolute atomic E-state index is 11.9. The monoisotopic (exact) mass is 425 g/mol. The van der Waals surface area contributed by atoms with Crippen LogP contribution in [0.3, 0.4) is 0 Å². The van der Waals surface area contributed by atoms with Crippen molar-refractivity contribution in [2.75, 3.05) is 23.9 Å². The summed E-state index contributed by atoms with van der Waals surface area (Å²) in [6, 6.07) is 13.7. The van der Waals surface area contributed by atoms with Crippen molar-refractivity contribution in [1.82, 2.24) is 5.32 Å². The SMILES string of the molecule is COc1ccc2c(c1)OC(C)(C)C[C@@H]2NC(=S)Nc1ccc(N2CCCC2=O)cc1. The van der Waals surface area contributed by atoms with Crippen molar-refractivity contribution in [2.45, 2.75) is 44.8 Å². The van der Waals surface area contributed by atoms with Crippen molar-refractivity contribution in [3.05, 3.63) is 48.0 Å². The van der Waals surface area contributed by atoms with Crippen LogP contribution in [0.1, 0.15) is 44.7 Å². The number of amides is 1. The quantitative estimate of drug-likeness (QED) is 0.708. The first-order valence-electron chi connectivity index (χ1n) is 10.2. The van der Waals surface area contributed by atoms with Crippen LogP contribution in [0.15, 0.2) is 42.5 Å². The summed E-state index contributed by atoms with van der Waals surface area (Å²) in [5.74, 6) is 1.76. The average Bonchev–Trinajstić information content (AvgIpc) is 3.13. The molecule has 1 fully saturated rings. The van der Waals surface area contributed by atoms with E-state index in [4.69, 9.17) is 21.7 Å². The molecule has 158 valence electrons. The maximum atomic E-state index is 11.9. The van der Waals surface area contributed by atoms with Gasteiger partial charge in [-0.05, 0) is 68.9 Å². The molecule has 0 spiro atoms. The van der Waals surface area contributed by atoms with E-state index in [1.165, 1.54) is 0 Å². The largest absolute Gasteiger partial charge is 0.497 e. The highest BCUT2D eigenvalue weighted by Crippen LogP contribution is 2.41.